The van der Waals surface area contributed by atoms with Gasteiger partial charge in [0, 0.05) is 43.7 Å². The van der Waals surface area contributed by atoms with Gasteiger partial charge in [-0.2, -0.15) is 10.5 Å². The lowest BCUT2D eigenvalue weighted by Gasteiger charge is -2.13. The van der Waals surface area contributed by atoms with Crippen molar-refractivity contribution in [3.63, 3.8) is 0 Å². The van der Waals surface area contributed by atoms with E-state index in [1.54, 1.807) is 0 Å². The van der Waals surface area contributed by atoms with Crippen LogP contribution in [0.25, 0.3) is 86.3 Å². The van der Waals surface area contributed by atoms with Gasteiger partial charge in [-0.1, -0.05) is 91.0 Å². The highest BCUT2D eigenvalue weighted by Crippen LogP contribution is 2.44. The van der Waals surface area contributed by atoms with Crippen LogP contribution < -0.4 is 0 Å². The van der Waals surface area contributed by atoms with Gasteiger partial charge in [-0.15, -0.1) is 11.3 Å². The Hall–Kier alpha value is -6.66. The lowest BCUT2D eigenvalue weighted by molar-refractivity contribution is 1.17. The van der Waals surface area contributed by atoms with Crippen LogP contribution in [-0.4, -0.2) is 9.13 Å². The number of hydrogen-bond acceptors (Lipinski definition) is 3. The van der Waals surface area contributed by atoms with Gasteiger partial charge >= 0.3 is 0 Å². The molecule has 7 aromatic carbocycles. The van der Waals surface area contributed by atoms with Crippen molar-refractivity contribution >= 4 is 75.1 Å². The number of thiophene rings is 1. The standard InChI is InChI=1S/C44H24N4S/c45-25-29-12-9-18-35-37-24-36-34-17-3-6-21-41(34)48(42(36)38(26-46)44(37)49-43(29)35)31-14-8-11-28(23-31)27-10-7-13-30(22-27)47-39-19-4-1-15-32(39)33-16-2-5-20-40(33)47/h1-24H. The molecule has 0 fully saturated rings. The molecule has 0 amide bonds. The summed E-state index contributed by atoms with van der Waals surface area (Å²) in [5.41, 5.74) is 9.85. The van der Waals surface area contributed by atoms with Gasteiger partial charge in [0.05, 0.1) is 42.6 Å². The predicted molar refractivity (Wildman–Crippen MR) is 203 cm³/mol. The summed E-state index contributed by atoms with van der Waals surface area (Å²) in [6.45, 7) is 0. The quantitative estimate of drug-likeness (QED) is 0.193. The van der Waals surface area contributed by atoms with Gasteiger partial charge in [0.2, 0.25) is 0 Å². The molecule has 0 saturated heterocycles. The van der Waals surface area contributed by atoms with Crippen LogP contribution in [0.2, 0.25) is 0 Å². The van der Waals surface area contributed by atoms with E-state index in [0.29, 0.717) is 11.1 Å². The van der Waals surface area contributed by atoms with Gasteiger partial charge in [-0.25, -0.2) is 0 Å². The number of nitrogens with zero attached hydrogens (tertiary/aromatic N) is 4. The van der Waals surface area contributed by atoms with Crippen molar-refractivity contribution < 1.29 is 0 Å². The Bertz CT molecular complexity index is 3030. The first-order valence-electron chi connectivity index (χ1n) is 16.1. The minimum absolute atomic E-state index is 0.632. The average Bonchev–Trinajstić information content (AvgIpc) is 3.82. The normalized spacial score (nSPS) is 11.6. The lowest BCUT2D eigenvalue weighted by Crippen LogP contribution is -1.97. The summed E-state index contributed by atoms with van der Waals surface area (Å²) in [6.07, 6.45) is 0. The number of benzene rings is 7. The second kappa shape index (κ2) is 10.4. The van der Waals surface area contributed by atoms with Gasteiger partial charge < -0.3 is 9.13 Å². The predicted octanol–water partition coefficient (Wildman–Crippen LogP) is 11.7. The Balaban J connectivity index is 1.21. The van der Waals surface area contributed by atoms with Crippen LogP contribution in [0.1, 0.15) is 11.1 Å². The van der Waals surface area contributed by atoms with Crippen molar-refractivity contribution in [1.29, 1.82) is 10.5 Å². The first-order valence-corrected chi connectivity index (χ1v) is 17.0. The zero-order chi connectivity index (χ0) is 32.6. The van der Waals surface area contributed by atoms with Crippen molar-refractivity contribution in [3.8, 4) is 34.6 Å². The molecule has 226 valence electrons. The molecule has 0 aliphatic heterocycles. The molecular weight excluding hydrogens is 617 g/mol. The molecule has 10 aromatic rings. The third kappa shape index (κ3) is 3.88. The molecule has 0 bridgehead atoms. The molecule has 0 radical (unpaired) electrons. The van der Waals surface area contributed by atoms with Crippen LogP contribution in [0, 0.1) is 22.7 Å². The van der Waals surface area contributed by atoms with E-state index < -0.39 is 0 Å². The lowest BCUT2D eigenvalue weighted by atomic mass is 10.0. The van der Waals surface area contributed by atoms with Gasteiger partial charge in [0.1, 0.15) is 12.1 Å². The molecule has 0 unspecified atom stereocenters. The number of aromatic nitrogens is 2. The molecule has 0 atom stereocenters. The second-order valence-electron chi connectivity index (χ2n) is 12.4. The summed E-state index contributed by atoms with van der Waals surface area (Å²) in [5.74, 6) is 0. The number of fused-ring (bicyclic) bond motifs is 9. The van der Waals surface area contributed by atoms with Crippen LogP contribution in [0.15, 0.2) is 146 Å². The fourth-order valence-corrected chi connectivity index (χ4v) is 8.93. The highest BCUT2D eigenvalue weighted by molar-refractivity contribution is 7.26. The zero-order valence-electron chi connectivity index (χ0n) is 26.1. The minimum atomic E-state index is 0.632. The fourth-order valence-electron chi connectivity index (χ4n) is 7.69. The van der Waals surface area contributed by atoms with Crippen LogP contribution in [-0.2, 0) is 0 Å². The number of para-hydroxylation sites is 3. The zero-order valence-corrected chi connectivity index (χ0v) is 26.9. The molecule has 49 heavy (non-hydrogen) atoms. The second-order valence-corrected chi connectivity index (χ2v) is 13.4. The largest absolute Gasteiger partial charge is 0.309 e. The summed E-state index contributed by atoms with van der Waals surface area (Å²) in [4.78, 5) is 0. The summed E-state index contributed by atoms with van der Waals surface area (Å²) in [7, 11) is 0. The van der Waals surface area contributed by atoms with Gasteiger partial charge in [0.25, 0.3) is 0 Å². The van der Waals surface area contributed by atoms with Crippen LogP contribution in [0.5, 0.6) is 0 Å². The van der Waals surface area contributed by atoms with Crippen molar-refractivity contribution in [2.24, 2.45) is 0 Å². The molecule has 4 nitrogen and oxygen atoms in total. The first kappa shape index (κ1) is 27.5. The molecule has 10 rings (SSSR count). The molecule has 0 N–H and O–H groups in total. The van der Waals surface area contributed by atoms with Gasteiger partial charge in [0.15, 0.2) is 0 Å². The number of nitriles is 2. The van der Waals surface area contributed by atoms with Crippen LogP contribution >= 0.6 is 11.3 Å². The van der Waals surface area contributed by atoms with Gasteiger partial charge in [-0.3, -0.25) is 0 Å². The third-order valence-corrected chi connectivity index (χ3v) is 11.0. The smallest absolute Gasteiger partial charge is 0.103 e. The van der Waals surface area contributed by atoms with Crippen LogP contribution in [0.3, 0.4) is 0 Å². The number of rotatable bonds is 3. The van der Waals surface area contributed by atoms with E-state index in [1.165, 1.54) is 33.1 Å². The summed E-state index contributed by atoms with van der Waals surface area (Å²) >= 11 is 1.53. The van der Waals surface area contributed by atoms with E-state index in [1.807, 2.05) is 12.1 Å². The highest BCUT2D eigenvalue weighted by atomic mass is 32.1. The minimum Gasteiger partial charge on any atom is -0.309 e. The first-order chi connectivity index (χ1) is 24.2. The molecule has 0 spiro atoms. The monoisotopic (exact) mass is 640 g/mol. The molecule has 0 aliphatic carbocycles. The fraction of sp³-hybridized carbons (Fsp3) is 0. The summed E-state index contributed by atoms with van der Waals surface area (Å²) in [5, 5.41) is 27.2. The number of hydrogen-bond donors (Lipinski definition) is 0. The van der Waals surface area contributed by atoms with Crippen molar-refractivity contribution in [2.75, 3.05) is 0 Å². The van der Waals surface area contributed by atoms with Crippen molar-refractivity contribution in [2.45, 2.75) is 0 Å². The molecule has 3 aromatic heterocycles. The van der Waals surface area contributed by atoms with Crippen molar-refractivity contribution in [3.05, 3.63) is 157 Å². The summed E-state index contributed by atoms with van der Waals surface area (Å²) < 4.78 is 6.41. The van der Waals surface area contributed by atoms with E-state index in [0.717, 1.165) is 64.5 Å². The third-order valence-electron chi connectivity index (χ3n) is 9.77. The maximum atomic E-state index is 10.8. The average molecular weight is 641 g/mol. The molecular formula is C44H24N4S. The maximum Gasteiger partial charge on any atom is 0.103 e. The topological polar surface area (TPSA) is 57.4 Å². The Labute approximate surface area is 285 Å². The maximum absolute atomic E-state index is 10.8. The van der Waals surface area contributed by atoms with E-state index in [4.69, 9.17) is 0 Å². The van der Waals surface area contributed by atoms with Gasteiger partial charge in [-0.05, 0) is 65.7 Å². The van der Waals surface area contributed by atoms with E-state index in [9.17, 15) is 10.5 Å². The van der Waals surface area contributed by atoms with E-state index >= 15 is 0 Å². The Morgan fingerprint density at radius 2 is 0.959 bits per heavy atom. The Morgan fingerprint density at radius 3 is 1.57 bits per heavy atom. The van der Waals surface area contributed by atoms with E-state index in [2.05, 4.69) is 155 Å². The Morgan fingerprint density at radius 1 is 0.429 bits per heavy atom. The molecule has 0 saturated carbocycles. The molecule has 3 heterocycles. The molecule has 0 aliphatic rings. The van der Waals surface area contributed by atoms with E-state index in [-0.39, 0.29) is 0 Å². The Kier molecular flexibility index (Phi) is 5.84. The van der Waals surface area contributed by atoms with Crippen LogP contribution in [0.4, 0.5) is 0 Å². The van der Waals surface area contributed by atoms with Crippen molar-refractivity contribution in [1.82, 2.24) is 9.13 Å². The highest BCUT2D eigenvalue weighted by Gasteiger charge is 2.22. The SMILES string of the molecule is N#Cc1cccc2c1sc1c(C#N)c3c(cc12)c1ccccc1n3-c1cccc(-c2cccc(-n3c4ccccc4c4ccccc43)c2)c1. The summed E-state index contributed by atoms with van der Waals surface area (Å²) in [6, 6.07) is 55.8. The molecule has 5 heteroatoms.